The van der Waals surface area contributed by atoms with Crippen LogP contribution in [0.15, 0.2) is 54.6 Å². The van der Waals surface area contributed by atoms with E-state index in [2.05, 4.69) is 61.5 Å². The van der Waals surface area contributed by atoms with Crippen LogP contribution in [0.5, 0.6) is 0 Å². The molecule has 0 nitrogen and oxygen atoms in total. The largest absolute Gasteiger partial charge is 0.140 e. The number of hydrogen-bond donors (Lipinski definition) is 0. The average Bonchev–Trinajstić information content (AvgIpc) is 3.41. The van der Waals surface area contributed by atoms with Crippen LogP contribution in [0.25, 0.3) is 40.0 Å². The minimum Gasteiger partial charge on any atom is -0.140 e. The summed E-state index contributed by atoms with van der Waals surface area (Å²) in [7, 11) is 0. The molecule has 142 valence electrons. The van der Waals surface area contributed by atoms with E-state index in [4.69, 9.17) is 0 Å². The molecule has 28 heavy (non-hydrogen) atoms. The Bertz CT molecular complexity index is 1230. The highest BCUT2D eigenvalue weighted by Gasteiger charge is 2.13. The van der Waals surface area contributed by atoms with E-state index in [1.165, 1.54) is 83.4 Å². The fourth-order valence-corrected chi connectivity index (χ4v) is 7.67. The van der Waals surface area contributed by atoms with E-state index < -0.39 is 0 Å². The summed E-state index contributed by atoms with van der Waals surface area (Å²) in [6.07, 6.45) is 8.01. The second-order valence-electron chi connectivity index (χ2n) is 7.50. The van der Waals surface area contributed by atoms with Crippen LogP contribution >= 0.6 is 34.0 Å². The molecule has 0 spiro atoms. The third-order valence-electron chi connectivity index (χ3n) is 5.46. The molecule has 0 radical (unpaired) electrons. The molecule has 0 amide bonds. The normalized spacial score (nSPS) is 11.9. The first-order chi connectivity index (χ1) is 13.8. The molecule has 0 aliphatic heterocycles. The van der Waals surface area contributed by atoms with E-state index in [1.54, 1.807) is 0 Å². The Morgan fingerprint density at radius 3 is 2.36 bits per heavy atom. The highest BCUT2D eigenvalue weighted by Crippen LogP contribution is 2.45. The minimum absolute atomic E-state index is 1.23. The van der Waals surface area contributed by atoms with Crippen LogP contribution in [-0.2, 0) is 6.42 Å². The molecule has 0 aliphatic carbocycles. The van der Waals surface area contributed by atoms with Crippen LogP contribution in [0.4, 0.5) is 0 Å². The molecule has 5 rings (SSSR count). The van der Waals surface area contributed by atoms with Gasteiger partial charge in [-0.05, 0) is 42.7 Å². The molecular formula is C25H24S3. The average molecular weight is 421 g/mol. The highest BCUT2D eigenvalue weighted by molar-refractivity contribution is 7.36. The number of aryl methyl sites for hydroxylation is 1. The second-order valence-corrected chi connectivity index (χ2v) is 10.8. The molecule has 0 atom stereocenters. The third kappa shape index (κ3) is 3.41. The molecule has 5 aromatic rings. The van der Waals surface area contributed by atoms with Crippen molar-refractivity contribution < 1.29 is 0 Å². The van der Waals surface area contributed by atoms with Gasteiger partial charge >= 0.3 is 0 Å². The van der Waals surface area contributed by atoms with Crippen LogP contribution in [-0.4, -0.2) is 0 Å². The quantitative estimate of drug-likeness (QED) is 0.230. The molecule has 2 aromatic carbocycles. The molecule has 3 heteroatoms. The highest BCUT2D eigenvalue weighted by atomic mass is 32.1. The van der Waals surface area contributed by atoms with Gasteiger partial charge in [0.2, 0.25) is 0 Å². The summed E-state index contributed by atoms with van der Waals surface area (Å²) in [4.78, 5) is 2.94. The molecule has 3 heterocycles. The van der Waals surface area contributed by atoms with E-state index in [1.807, 2.05) is 34.0 Å². The maximum absolute atomic E-state index is 2.40. The summed E-state index contributed by atoms with van der Waals surface area (Å²) in [5, 5.41) is 2.82. The number of hydrogen-bond acceptors (Lipinski definition) is 3. The lowest BCUT2D eigenvalue weighted by molar-refractivity contribution is 0.634. The maximum Gasteiger partial charge on any atom is 0.0542 e. The van der Waals surface area contributed by atoms with Crippen molar-refractivity contribution in [3.05, 3.63) is 59.5 Å². The van der Waals surface area contributed by atoms with Gasteiger partial charge < -0.3 is 0 Å². The molecule has 0 fully saturated rings. The van der Waals surface area contributed by atoms with Crippen molar-refractivity contribution >= 4 is 63.6 Å². The third-order valence-corrected chi connectivity index (χ3v) is 9.17. The first kappa shape index (κ1) is 18.4. The van der Waals surface area contributed by atoms with Crippen LogP contribution in [0.3, 0.4) is 0 Å². The van der Waals surface area contributed by atoms with Gasteiger partial charge in [-0.3, -0.25) is 0 Å². The lowest BCUT2D eigenvalue weighted by Crippen LogP contribution is -1.81. The van der Waals surface area contributed by atoms with Gasteiger partial charge in [0.15, 0.2) is 0 Å². The Kier molecular flexibility index (Phi) is 5.23. The Balaban J connectivity index is 1.41. The Morgan fingerprint density at radius 1 is 0.679 bits per heavy atom. The second kappa shape index (κ2) is 7.98. The topological polar surface area (TPSA) is 0 Å². The van der Waals surface area contributed by atoms with E-state index in [0.717, 1.165) is 0 Å². The van der Waals surface area contributed by atoms with E-state index in [0.29, 0.717) is 0 Å². The molecule has 0 aliphatic rings. The monoisotopic (exact) mass is 420 g/mol. The van der Waals surface area contributed by atoms with Gasteiger partial charge in [-0.1, -0.05) is 62.9 Å². The fourth-order valence-electron chi connectivity index (χ4n) is 3.93. The molecule has 0 N–H and O–H groups in total. The summed E-state index contributed by atoms with van der Waals surface area (Å²) in [5.41, 5.74) is 1.37. The smallest absolute Gasteiger partial charge is 0.0542 e. The SMILES string of the molecule is CCCCCCCc1ccc(-c2ccc3c(c2)sc2c4ccccc4sc32)s1. The zero-order chi connectivity index (χ0) is 18.9. The van der Waals surface area contributed by atoms with Gasteiger partial charge in [-0.25, -0.2) is 0 Å². The number of thiophene rings is 3. The molecule has 0 unspecified atom stereocenters. The Hall–Kier alpha value is -1.68. The van der Waals surface area contributed by atoms with Crippen LogP contribution in [0.2, 0.25) is 0 Å². The van der Waals surface area contributed by atoms with Crippen molar-refractivity contribution in [3.8, 4) is 10.4 Å². The zero-order valence-electron chi connectivity index (χ0n) is 16.2. The lowest BCUT2D eigenvalue weighted by atomic mass is 10.1. The predicted octanol–water partition coefficient (Wildman–Crippen LogP) is 9.51. The van der Waals surface area contributed by atoms with Crippen molar-refractivity contribution in [3.63, 3.8) is 0 Å². The van der Waals surface area contributed by atoms with Crippen molar-refractivity contribution in [2.45, 2.75) is 45.4 Å². The number of rotatable bonds is 7. The van der Waals surface area contributed by atoms with Gasteiger partial charge in [-0.2, -0.15) is 0 Å². The van der Waals surface area contributed by atoms with Crippen molar-refractivity contribution in [1.29, 1.82) is 0 Å². The number of benzene rings is 2. The maximum atomic E-state index is 2.40. The summed E-state index contributed by atoms with van der Waals surface area (Å²) in [6, 6.07) is 20.5. The Labute approximate surface area is 178 Å². The van der Waals surface area contributed by atoms with Crippen molar-refractivity contribution in [2.75, 3.05) is 0 Å². The van der Waals surface area contributed by atoms with Gasteiger partial charge in [0.25, 0.3) is 0 Å². The molecule has 3 aromatic heterocycles. The Morgan fingerprint density at radius 2 is 1.46 bits per heavy atom. The van der Waals surface area contributed by atoms with Crippen LogP contribution in [0.1, 0.15) is 43.9 Å². The van der Waals surface area contributed by atoms with Gasteiger partial charge in [0, 0.05) is 29.9 Å². The molecule has 0 saturated carbocycles. The number of fused-ring (bicyclic) bond motifs is 5. The summed E-state index contributed by atoms with van der Waals surface area (Å²) >= 11 is 5.86. The zero-order valence-corrected chi connectivity index (χ0v) is 18.6. The van der Waals surface area contributed by atoms with Crippen molar-refractivity contribution in [1.82, 2.24) is 0 Å². The first-order valence-electron chi connectivity index (χ1n) is 10.3. The summed E-state index contributed by atoms with van der Waals surface area (Å²) in [6.45, 7) is 2.28. The van der Waals surface area contributed by atoms with E-state index in [9.17, 15) is 0 Å². The van der Waals surface area contributed by atoms with Gasteiger partial charge in [-0.15, -0.1) is 34.0 Å². The minimum atomic E-state index is 1.23. The summed E-state index contributed by atoms with van der Waals surface area (Å²) < 4.78 is 5.72. The molecule has 0 saturated heterocycles. The molecule has 0 bridgehead atoms. The van der Waals surface area contributed by atoms with E-state index >= 15 is 0 Å². The van der Waals surface area contributed by atoms with Gasteiger partial charge in [0.1, 0.15) is 0 Å². The fraction of sp³-hybridized carbons (Fsp3) is 0.280. The molecular weight excluding hydrogens is 396 g/mol. The predicted molar refractivity (Wildman–Crippen MR) is 130 cm³/mol. The standard InChI is InChI=1S/C25H24S3/c1-2-3-4-5-6-9-18-13-15-21(26-18)17-12-14-20-23(16-17)28-24-19-10-7-8-11-22(19)27-25(20)24/h7-8,10-16H,2-6,9H2,1H3. The lowest BCUT2D eigenvalue weighted by Gasteiger charge is -1.99. The van der Waals surface area contributed by atoms with Gasteiger partial charge in [0.05, 0.1) is 9.40 Å². The first-order valence-corrected chi connectivity index (χ1v) is 12.7. The van der Waals surface area contributed by atoms with Crippen LogP contribution in [0, 0.1) is 0 Å². The van der Waals surface area contributed by atoms with E-state index in [-0.39, 0.29) is 0 Å². The number of unbranched alkanes of at least 4 members (excludes halogenated alkanes) is 4. The summed E-state index contributed by atoms with van der Waals surface area (Å²) in [5.74, 6) is 0. The van der Waals surface area contributed by atoms with Crippen molar-refractivity contribution in [2.24, 2.45) is 0 Å². The van der Waals surface area contributed by atoms with Crippen LogP contribution < -0.4 is 0 Å².